The lowest BCUT2D eigenvalue weighted by atomic mass is 10.1. The average molecular weight is 439 g/mol. The van der Waals surface area contributed by atoms with Crippen molar-refractivity contribution in [3.05, 3.63) is 69.7 Å². The quantitative estimate of drug-likeness (QED) is 0.677. The molecule has 26 heavy (non-hydrogen) atoms. The molecule has 138 valence electrons. The van der Waals surface area contributed by atoms with E-state index in [9.17, 15) is 18.0 Å². The fourth-order valence-corrected chi connectivity index (χ4v) is 3.97. The van der Waals surface area contributed by atoms with Gasteiger partial charge in [-0.2, -0.15) is 0 Å². The number of benzene rings is 2. The molecule has 0 aliphatic rings. The lowest BCUT2D eigenvalue weighted by molar-refractivity contribution is -0.119. The Kier molecular flexibility index (Phi) is 6.93. The van der Waals surface area contributed by atoms with Gasteiger partial charge >= 0.3 is 0 Å². The molecule has 0 fully saturated rings. The number of aryl methyl sites for hydroxylation is 1. The molecule has 0 bridgehead atoms. The van der Waals surface area contributed by atoms with Crippen LogP contribution in [0.4, 0.5) is 0 Å². The highest BCUT2D eigenvalue weighted by molar-refractivity contribution is 9.10. The Balaban J connectivity index is 1.87. The summed E-state index contributed by atoms with van der Waals surface area (Å²) in [6.45, 7) is 2.00. The molecule has 0 aliphatic heterocycles. The Labute approximate surface area is 161 Å². The van der Waals surface area contributed by atoms with Gasteiger partial charge in [0.2, 0.25) is 0 Å². The molecule has 6 nitrogen and oxygen atoms in total. The first-order valence-electron chi connectivity index (χ1n) is 7.92. The fourth-order valence-electron chi connectivity index (χ4n) is 2.26. The zero-order chi connectivity index (χ0) is 19.2. The van der Waals surface area contributed by atoms with Gasteiger partial charge in [0.15, 0.2) is 9.84 Å². The fraction of sp³-hybridized carbons (Fsp3) is 0.222. The molecule has 2 aromatic carbocycles. The van der Waals surface area contributed by atoms with Gasteiger partial charge in [-0.3, -0.25) is 20.4 Å². The van der Waals surface area contributed by atoms with Gasteiger partial charge in [-0.25, -0.2) is 8.42 Å². The van der Waals surface area contributed by atoms with E-state index in [1.165, 1.54) is 0 Å². The summed E-state index contributed by atoms with van der Waals surface area (Å²) in [6, 6.07) is 13.8. The maximum Gasteiger partial charge on any atom is 0.269 e. The number of sulfone groups is 1. The standard InChI is InChI=1S/C18H19BrN2O4S/c1-2-13-6-8-15(9-7-13)18(23)21-20-17(22)12-26(24,25)11-14-4-3-5-16(19)10-14/h3-10H,2,11-12H2,1H3,(H,20,22)(H,21,23). The van der Waals surface area contributed by atoms with E-state index in [-0.39, 0.29) is 5.75 Å². The van der Waals surface area contributed by atoms with Gasteiger partial charge in [0.05, 0.1) is 5.75 Å². The van der Waals surface area contributed by atoms with E-state index in [0.717, 1.165) is 16.5 Å². The molecule has 0 saturated heterocycles. The number of carbonyl (C=O) groups is 2. The first-order chi connectivity index (χ1) is 12.3. The maximum atomic E-state index is 12.1. The molecular weight excluding hydrogens is 420 g/mol. The molecule has 0 heterocycles. The Morgan fingerprint density at radius 2 is 1.69 bits per heavy atom. The molecule has 0 unspecified atom stereocenters. The van der Waals surface area contributed by atoms with Crippen LogP contribution in [0, 0.1) is 0 Å². The monoisotopic (exact) mass is 438 g/mol. The Morgan fingerprint density at radius 1 is 1.00 bits per heavy atom. The minimum Gasteiger partial charge on any atom is -0.272 e. The number of amides is 2. The van der Waals surface area contributed by atoms with Crippen molar-refractivity contribution in [1.82, 2.24) is 10.9 Å². The number of halogens is 1. The Bertz CT molecular complexity index is 896. The zero-order valence-electron chi connectivity index (χ0n) is 14.2. The normalized spacial score (nSPS) is 11.0. The molecule has 8 heteroatoms. The van der Waals surface area contributed by atoms with Crippen LogP contribution < -0.4 is 10.9 Å². The molecule has 0 spiro atoms. The van der Waals surface area contributed by atoms with Crippen molar-refractivity contribution in [2.45, 2.75) is 19.1 Å². The molecule has 0 aliphatic carbocycles. The lowest BCUT2D eigenvalue weighted by Gasteiger charge is -2.09. The van der Waals surface area contributed by atoms with E-state index in [1.54, 1.807) is 36.4 Å². The molecule has 0 aromatic heterocycles. The van der Waals surface area contributed by atoms with Crippen molar-refractivity contribution in [2.75, 3.05) is 5.75 Å². The molecule has 0 radical (unpaired) electrons. The average Bonchev–Trinajstić information content (AvgIpc) is 2.59. The maximum absolute atomic E-state index is 12.1. The SMILES string of the molecule is CCc1ccc(C(=O)NNC(=O)CS(=O)(=O)Cc2cccc(Br)c2)cc1. The molecule has 0 atom stereocenters. The van der Waals surface area contributed by atoms with E-state index in [0.29, 0.717) is 11.1 Å². The molecule has 2 rings (SSSR count). The van der Waals surface area contributed by atoms with Crippen LogP contribution in [0.15, 0.2) is 53.0 Å². The highest BCUT2D eigenvalue weighted by atomic mass is 79.9. The molecule has 0 saturated carbocycles. The minimum atomic E-state index is -3.66. The Morgan fingerprint density at radius 3 is 2.31 bits per heavy atom. The predicted molar refractivity (Wildman–Crippen MR) is 103 cm³/mol. The van der Waals surface area contributed by atoms with Crippen molar-refractivity contribution >= 4 is 37.6 Å². The third-order valence-electron chi connectivity index (χ3n) is 3.57. The van der Waals surface area contributed by atoms with Gasteiger partial charge < -0.3 is 0 Å². The second-order valence-electron chi connectivity index (χ2n) is 5.71. The second-order valence-corrected chi connectivity index (χ2v) is 8.70. The van der Waals surface area contributed by atoms with Gasteiger partial charge in [0, 0.05) is 10.0 Å². The van der Waals surface area contributed by atoms with Crippen LogP contribution in [-0.4, -0.2) is 26.0 Å². The smallest absolute Gasteiger partial charge is 0.269 e. The number of hydrazine groups is 1. The van der Waals surface area contributed by atoms with Gasteiger partial charge in [0.25, 0.3) is 11.8 Å². The summed E-state index contributed by atoms with van der Waals surface area (Å²) in [6.07, 6.45) is 0.856. The van der Waals surface area contributed by atoms with Crippen molar-refractivity contribution in [1.29, 1.82) is 0 Å². The minimum absolute atomic E-state index is 0.258. The predicted octanol–water partition coefficient (Wildman–Crippen LogP) is 2.39. The summed E-state index contributed by atoms with van der Waals surface area (Å²) in [5.41, 5.74) is 6.40. The lowest BCUT2D eigenvalue weighted by Crippen LogP contribution is -2.44. The third kappa shape index (κ3) is 6.27. The summed E-state index contributed by atoms with van der Waals surface area (Å²) in [4.78, 5) is 23.8. The van der Waals surface area contributed by atoms with E-state index in [2.05, 4.69) is 26.8 Å². The summed E-state index contributed by atoms with van der Waals surface area (Å²) in [7, 11) is -3.66. The van der Waals surface area contributed by atoms with Crippen molar-refractivity contribution < 1.29 is 18.0 Å². The number of nitrogens with one attached hydrogen (secondary N) is 2. The van der Waals surface area contributed by atoms with Gasteiger partial charge in [-0.05, 0) is 41.8 Å². The molecular formula is C18H19BrN2O4S. The first kappa shape index (κ1) is 20.1. The van der Waals surface area contributed by atoms with E-state index < -0.39 is 27.4 Å². The van der Waals surface area contributed by atoms with E-state index in [1.807, 2.05) is 19.1 Å². The van der Waals surface area contributed by atoms with Crippen molar-refractivity contribution in [3.8, 4) is 0 Å². The van der Waals surface area contributed by atoms with E-state index in [4.69, 9.17) is 0 Å². The van der Waals surface area contributed by atoms with Crippen LogP contribution in [0.1, 0.15) is 28.4 Å². The molecule has 2 amide bonds. The summed E-state index contributed by atoms with van der Waals surface area (Å²) >= 11 is 3.27. The summed E-state index contributed by atoms with van der Waals surface area (Å²) in [5.74, 6) is -2.27. The Hall–Kier alpha value is -2.19. The van der Waals surface area contributed by atoms with Crippen LogP contribution in [0.25, 0.3) is 0 Å². The van der Waals surface area contributed by atoms with Gasteiger partial charge in [-0.1, -0.05) is 47.1 Å². The molecule has 2 aromatic rings. The van der Waals surface area contributed by atoms with Crippen LogP contribution >= 0.6 is 15.9 Å². The molecule has 2 N–H and O–H groups in total. The van der Waals surface area contributed by atoms with Crippen LogP contribution in [0.3, 0.4) is 0 Å². The zero-order valence-corrected chi connectivity index (χ0v) is 16.6. The van der Waals surface area contributed by atoms with Crippen LogP contribution in [0.5, 0.6) is 0 Å². The highest BCUT2D eigenvalue weighted by Gasteiger charge is 2.18. The third-order valence-corrected chi connectivity index (χ3v) is 5.53. The van der Waals surface area contributed by atoms with Crippen molar-refractivity contribution in [2.24, 2.45) is 0 Å². The van der Waals surface area contributed by atoms with Gasteiger partial charge in [-0.15, -0.1) is 0 Å². The number of hydrogen-bond acceptors (Lipinski definition) is 4. The van der Waals surface area contributed by atoms with Crippen LogP contribution in [0.2, 0.25) is 0 Å². The summed E-state index contributed by atoms with van der Waals surface area (Å²) in [5, 5.41) is 0. The second kappa shape index (κ2) is 8.95. The first-order valence-corrected chi connectivity index (χ1v) is 10.5. The largest absolute Gasteiger partial charge is 0.272 e. The van der Waals surface area contributed by atoms with Crippen molar-refractivity contribution in [3.63, 3.8) is 0 Å². The number of hydrogen-bond donors (Lipinski definition) is 2. The van der Waals surface area contributed by atoms with Gasteiger partial charge in [0.1, 0.15) is 5.75 Å². The number of rotatable bonds is 6. The summed E-state index contributed by atoms with van der Waals surface area (Å²) < 4.78 is 25.0. The van der Waals surface area contributed by atoms with E-state index >= 15 is 0 Å². The topological polar surface area (TPSA) is 92.3 Å². The number of carbonyl (C=O) groups excluding carboxylic acids is 2. The highest BCUT2D eigenvalue weighted by Crippen LogP contribution is 2.14. The van der Waals surface area contributed by atoms with Crippen LogP contribution in [-0.2, 0) is 26.8 Å².